The molecule has 0 aliphatic rings. The summed E-state index contributed by atoms with van der Waals surface area (Å²) >= 11 is 0. The highest BCUT2D eigenvalue weighted by Crippen LogP contribution is 2.35. The predicted molar refractivity (Wildman–Crippen MR) is 66.0 cm³/mol. The van der Waals surface area contributed by atoms with Crippen molar-refractivity contribution in [3.8, 4) is 5.88 Å². The van der Waals surface area contributed by atoms with Gasteiger partial charge in [0.05, 0.1) is 18.7 Å². The van der Waals surface area contributed by atoms with Gasteiger partial charge in [-0.2, -0.15) is 13.2 Å². The van der Waals surface area contributed by atoms with Crippen LogP contribution in [-0.4, -0.2) is 17.1 Å². The van der Waals surface area contributed by atoms with Gasteiger partial charge in [0.2, 0.25) is 5.88 Å². The predicted octanol–water partition coefficient (Wildman–Crippen LogP) is 2.69. The SMILES string of the molecule is COc1nccnc1C(N)c1cccc(C(F)(F)F)c1F. The maximum absolute atomic E-state index is 14.1. The number of halogens is 4. The zero-order valence-corrected chi connectivity index (χ0v) is 10.9. The van der Waals surface area contributed by atoms with Crippen LogP contribution in [0.4, 0.5) is 17.6 Å². The molecular formula is C13H11F4N3O. The number of alkyl halides is 3. The number of benzene rings is 1. The van der Waals surface area contributed by atoms with Crippen molar-refractivity contribution in [1.29, 1.82) is 0 Å². The summed E-state index contributed by atoms with van der Waals surface area (Å²) in [5, 5.41) is 0. The molecule has 1 atom stereocenters. The summed E-state index contributed by atoms with van der Waals surface area (Å²) in [6.07, 6.45) is -2.17. The number of hydrogen-bond donors (Lipinski definition) is 1. The summed E-state index contributed by atoms with van der Waals surface area (Å²) in [7, 11) is 1.31. The first kappa shape index (κ1) is 15.2. The standard InChI is InChI=1S/C13H11F4N3O/c1-21-12-11(19-5-6-20-12)10(18)7-3-2-4-8(9(7)14)13(15,16)17/h2-6,10H,18H2,1H3. The fourth-order valence-electron chi connectivity index (χ4n) is 1.86. The monoisotopic (exact) mass is 301 g/mol. The van der Waals surface area contributed by atoms with Gasteiger partial charge in [-0.15, -0.1) is 0 Å². The second-order valence-corrected chi connectivity index (χ2v) is 4.14. The van der Waals surface area contributed by atoms with E-state index < -0.39 is 23.6 Å². The van der Waals surface area contributed by atoms with Crippen molar-refractivity contribution in [3.05, 3.63) is 53.2 Å². The molecule has 21 heavy (non-hydrogen) atoms. The van der Waals surface area contributed by atoms with Crippen LogP contribution in [0.15, 0.2) is 30.6 Å². The van der Waals surface area contributed by atoms with Crippen LogP contribution in [-0.2, 0) is 6.18 Å². The molecule has 1 heterocycles. The zero-order valence-electron chi connectivity index (χ0n) is 10.9. The van der Waals surface area contributed by atoms with Gasteiger partial charge in [0.1, 0.15) is 11.5 Å². The molecule has 0 fully saturated rings. The van der Waals surface area contributed by atoms with E-state index in [1.165, 1.54) is 25.6 Å². The minimum atomic E-state index is -4.80. The third kappa shape index (κ3) is 2.94. The molecule has 0 saturated carbocycles. The van der Waals surface area contributed by atoms with Crippen molar-refractivity contribution in [2.75, 3.05) is 7.11 Å². The third-order valence-corrected chi connectivity index (χ3v) is 2.85. The van der Waals surface area contributed by atoms with Crippen LogP contribution >= 0.6 is 0 Å². The molecule has 4 nitrogen and oxygen atoms in total. The van der Waals surface area contributed by atoms with Crippen LogP contribution in [0.1, 0.15) is 22.9 Å². The van der Waals surface area contributed by atoms with E-state index >= 15 is 0 Å². The van der Waals surface area contributed by atoms with Crippen molar-refractivity contribution in [2.45, 2.75) is 12.2 Å². The number of nitrogens with two attached hydrogens (primary N) is 1. The van der Waals surface area contributed by atoms with Crippen molar-refractivity contribution in [3.63, 3.8) is 0 Å². The number of rotatable bonds is 3. The Hall–Kier alpha value is -2.22. The largest absolute Gasteiger partial charge is 0.480 e. The zero-order chi connectivity index (χ0) is 15.6. The summed E-state index contributed by atoms with van der Waals surface area (Å²) in [5.74, 6) is -1.40. The molecule has 0 aliphatic heterocycles. The molecule has 2 aromatic rings. The lowest BCUT2D eigenvalue weighted by Gasteiger charge is -2.17. The van der Waals surface area contributed by atoms with E-state index in [1.807, 2.05) is 0 Å². The Bertz CT molecular complexity index is 646. The number of hydrogen-bond acceptors (Lipinski definition) is 4. The molecule has 0 saturated heterocycles. The Morgan fingerprint density at radius 3 is 2.48 bits per heavy atom. The Kier molecular flexibility index (Phi) is 4.08. The van der Waals surface area contributed by atoms with E-state index in [1.54, 1.807) is 0 Å². The van der Waals surface area contributed by atoms with Gasteiger partial charge in [-0.3, -0.25) is 4.98 Å². The van der Waals surface area contributed by atoms with E-state index in [-0.39, 0.29) is 17.1 Å². The van der Waals surface area contributed by atoms with Gasteiger partial charge in [-0.25, -0.2) is 9.37 Å². The summed E-state index contributed by atoms with van der Waals surface area (Å²) in [6, 6.07) is 1.68. The lowest BCUT2D eigenvalue weighted by molar-refractivity contribution is -0.140. The molecule has 0 amide bonds. The Labute approximate surface area is 117 Å². The third-order valence-electron chi connectivity index (χ3n) is 2.85. The second-order valence-electron chi connectivity index (χ2n) is 4.14. The van der Waals surface area contributed by atoms with Crippen LogP contribution in [0, 0.1) is 5.82 Å². The van der Waals surface area contributed by atoms with Gasteiger partial charge in [-0.1, -0.05) is 12.1 Å². The Morgan fingerprint density at radius 2 is 1.86 bits per heavy atom. The molecule has 1 unspecified atom stereocenters. The van der Waals surface area contributed by atoms with Crippen LogP contribution in [0.3, 0.4) is 0 Å². The van der Waals surface area contributed by atoms with Gasteiger partial charge >= 0.3 is 6.18 Å². The highest BCUT2D eigenvalue weighted by molar-refractivity contribution is 5.36. The molecule has 0 spiro atoms. The lowest BCUT2D eigenvalue weighted by Crippen LogP contribution is -2.19. The lowest BCUT2D eigenvalue weighted by atomic mass is 10.0. The van der Waals surface area contributed by atoms with Crippen LogP contribution in [0.25, 0.3) is 0 Å². The van der Waals surface area contributed by atoms with Gasteiger partial charge in [0.15, 0.2) is 0 Å². The van der Waals surface area contributed by atoms with E-state index in [4.69, 9.17) is 10.5 Å². The van der Waals surface area contributed by atoms with Gasteiger partial charge in [-0.05, 0) is 6.07 Å². The van der Waals surface area contributed by atoms with E-state index in [0.717, 1.165) is 6.07 Å². The second kappa shape index (κ2) is 5.65. The summed E-state index contributed by atoms with van der Waals surface area (Å²) in [5.41, 5.74) is 4.16. The average Bonchev–Trinajstić information content (AvgIpc) is 2.45. The first-order valence-electron chi connectivity index (χ1n) is 5.82. The van der Waals surface area contributed by atoms with E-state index in [0.29, 0.717) is 6.07 Å². The van der Waals surface area contributed by atoms with Crippen molar-refractivity contribution in [2.24, 2.45) is 5.73 Å². The molecular weight excluding hydrogens is 290 g/mol. The van der Waals surface area contributed by atoms with Crippen LogP contribution in [0.2, 0.25) is 0 Å². The summed E-state index contributed by atoms with van der Waals surface area (Å²) in [6.45, 7) is 0. The van der Waals surface area contributed by atoms with Crippen LogP contribution in [0.5, 0.6) is 5.88 Å². The first-order chi connectivity index (χ1) is 9.86. The highest BCUT2D eigenvalue weighted by Gasteiger charge is 2.36. The molecule has 2 N–H and O–H groups in total. The number of ether oxygens (including phenoxy) is 1. The minimum Gasteiger partial charge on any atom is -0.480 e. The highest BCUT2D eigenvalue weighted by atomic mass is 19.4. The molecule has 112 valence electrons. The minimum absolute atomic E-state index is 0.0295. The molecule has 0 aliphatic carbocycles. The number of methoxy groups -OCH3 is 1. The van der Waals surface area contributed by atoms with Crippen molar-refractivity contribution in [1.82, 2.24) is 9.97 Å². The van der Waals surface area contributed by atoms with Gasteiger partial charge < -0.3 is 10.5 Å². The fraction of sp³-hybridized carbons (Fsp3) is 0.231. The molecule has 1 aromatic heterocycles. The Balaban J connectivity index is 2.52. The molecule has 0 radical (unpaired) electrons. The quantitative estimate of drug-likeness (QED) is 0.885. The number of aromatic nitrogens is 2. The smallest absolute Gasteiger partial charge is 0.419 e. The normalized spacial score (nSPS) is 13.0. The fourth-order valence-corrected chi connectivity index (χ4v) is 1.86. The Morgan fingerprint density at radius 1 is 1.19 bits per heavy atom. The summed E-state index contributed by atoms with van der Waals surface area (Å²) in [4.78, 5) is 7.73. The van der Waals surface area contributed by atoms with E-state index in [2.05, 4.69) is 9.97 Å². The van der Waals surface area contributed by atoms with Crippen molar-refractivity contribution < 1.29 is 22.3 Å². The molecule has 8 heteroatoms. The molecule has 0 bridgehead atoms. The first-order valence-corrected chi connectivity index (χ1v) is 5.82. The summed E-state index contributed by atoms with van der Waals surface area (Å²) < 4.78 is 57.1. The van der Waals surface area contributed by atoms with Crippen molar-refractivity contribution >= 4 is 0 Å². The maximum atomic E-state index is 14.1. The molecule has 2 rings (SSSR count). The van der Waals surface area contributed by atoms with E-state index in [9.17, 15) is 17.6 Å². The maximum Gasteiger partial charge on any atom is 0.419 e. The average molecular weight is 301 g/mol. The topological polar surface area (TPSA) is 61.0 Å². The van der Waals surface area contributed by atoms with Gasteiger partial charge in [0, 0.05) is 18.0 Å². The van der Waals surface area contributed by atoms with Crippen LogP contribution < -0.4 is 10.5 Å². The number of nitrogens with zero attached hydrogens (tertiary/aromatic N) is 2. The molecule has 1 aromatic carbocycles. The van der Waals surface area contributed by atoms with Gasteiger partial charge in [0.25, 0.3) is 0 Å².